The second kappa shape index (κ2) is 13.1. The number of carbonyl (C=O) groups excluding carboxylic acids is 4. The van der Waals surface area contributed by atoms with Crippen LogP contribution in [0.2, 0.25) is 0 Å². The van der Waals surface area contributed by atoms with Gasteiger partial charge in [0.25, 0.3) is 0 Å². The molecule has 1 aromatic heterocycles. The highest BCUT2D eigenvalue weighted by atomic mass is 32.2. The molecule has 0 spiro atoms. The van der Waals surface area contributed by atoms with Gasteiger partial charge in [0, 0.05) is 16.5 Å². The van der Waals surface area contributed by atoms with E-state index in [2.05, 4.69) is 5.32 Å². The maximum absolute atomic E-state index is 14.2. The van der Waals surface area contributed by atoms with Crippen molar-refractivity contribution in [3.8, 4) is 11.5 Å². The van der Waals surface area contributed by atoms with Gasteiger partial charge >= 0.3 is 10.8 Å². The Morgan fingerprint density at radius 3 is 2.26 bits per heavy atom. The Hall–Kier alpha value is -4.88. The SMILES string of the molecule is CCOC(=O)c1ccc(N2C(=O)[C@@H]3[C@H](c4ccc(OC)c(OC)c4)c4sc(=O)n(CC(=O)Nc5ccc(C)cc5)c4S[C@@H]3C2=O)cc1. The summed E-state index contributed by atoms with van der Waals surface area (Å²) in [7, 11) is 3.01. The van der Waals surface area contributed by atoms with Gasteiger partial charge in [-0.2, -0.15) is 0 Å². The van der Waals surface area contributed by atoms with Gasteiger partial charge in [0.15, 0.2) is 11.5 Å². The molecule has 6 rings (SSSR count). The number of hydrogen-bond acceptors (Lipinski definition) is 10. The lowest BCUT2D eigenvalue weighted by molar-refractivity contribution is -0.122. The van der Waals surface area contributed by atoms with Crippen molar-refractivity contribution in [2.75, 3.05) is 31.0 Å². The number of aryl methyl sites for hydroxylation is 1. The molecule has 13 heteroatoms. The van der Waals surface area contributed by atoms with Gasteiger partial charge in [0.05, 0.1) is 43.0 Å². The smallest absolute Gasteiger partial charge is 0.338 e. The van der Waals surface area contributed by atoms with Crippen molar-refractivity contribution >= 4 is 58.2 Å². The minimum Gasteiger partial charge on any atom is -0.493 e. The van der Waals surface area contributed by atoms with E-state index in [1.165, 1.54) is 43.1 Å². The zero-order valence-corrected chi connectivity index (χ0v) is 27.6. The molecule has 3 atom stereocenters. The number of thiazole rings is 1. The standard InChI is InChI=1S/C34H31N3O8S2/c1-5-45-33(41)19-8-13-22(14-9-19)37-30(39)27-26(20-10-15-23(43-3)24(16-20)44-4)29-32(46-28(27)31(37)40)36(34(42)47-29)17-25(38)35-21-11-6-18(2)7-12-21/h6-16,26-28H,5,17H2,1-4H3,(H,35,38)/t26-,27+,28-/m0/s1. The van der Waals surface area contributed by atoms with Crippen molar-refractivity contribution in [2.45, 2.75) is 36.6 Å². The quantitative estimate of drug-likeness (QED) is 0.196. The number of nitrogens with one attached hydrogen (secondary N) is 1. The number of thioether (sulfide) groups is 1. The molecule has 0 saturated carbocycles. The molecule has 11 nitrogen and oxygen atoms in total. The molecular weight excluding hydrogens is 643 g/mol. The molecule has 0 bridgehead atoms. The zero-order valence-electron chi connectivity index (χ0n) is 26.0. The van der Waals surface area contributed by atoms with Crippen LogP contribution in [0.5, 0.6) is 11.5 Å². The molecule has 1 fully saturated rings. The number of anilines is 2. The molecule has 0 aliphatic carbocycles. The first kappa shape index (κ1) is 32.1. The van der Waals surface area contributed by atoms with Crippen LogP contribution in [-0.4, -0.2) is 54.3 Å². The minimum atomic E-state index is -0.891. The van der Waals surface area contributed by atoms with Gasteiger partial charge < -0.3 is 19.5 Å². The van der Waals surface area contributed by atoms with Gasteiger partial charge in [-0.3, -0.25) is 23.7 Å². The highest BCUT2D eigenvalue weighted by Gasteiger charge is 2.57. The third kappa shape index (κ3) is 5.92. The molecule has 0 radical (unpaired) electrons. The molecule has 2 aliphatic rings. The van der Waals surface area contributed by atoms with Crippen LogP contribution in [0, 0.1) is 12.8 Å². The van der Waals surface area contributed by atoms with Crippen LogP contribution in [0.4, 0.5) is 11.4 Å². The van der Waals surface area contributed by atoms with Crippen molar-refractivity contribution < 1.29 is 33.4 Å². The Morgan fingerprint density at radius 2 is 1.60 bits per heavy atom. The molecule has 4 aromatic rings. The Bertz CT molecular complexity index is 1930. The summed E-state index contributed by atoms with van der Waals surface area (Å²) in [4.78, 5) is 68.5. The Labute approximate surface area is 278 Å². The number of esters is 1. The number of aromatic nitrogens is 1. The maximum Gasteiger partial charge on any atom is 0.338 e. The van der Waals surface area contributed by atoms with Crippen molar-refractivity contribution in [3.63, 3.8) is 0 Å². The summed E-state index contributed by atoms with van der Waals surface area (Å²) >= 11 is 2.07. The van der Waals surface area contributed by atoms with E-state index < -0.39 is 40.8 Å². The Kier molecular flexibility index (Phi) is 8.93. The van der Waals surface area contributed by atoms with Crippen molar-refractivity contribution in [1.29, 1.82) is 0 Å². The molecule has 3 amide bonds. The number of ether oxygens (including phenoxy) is 3. The molecule has 0 unspecified atom stereocenters. The number of amides is 3. The second-order valence-corrected chi connectivity index (χ2v) is 13.1. The third-order valence-electron chi connectivity index (χ3n) is 8.09. The van der Waals surface area contributed by atoms with Crippen LogP contribution in [0.25, 0.3) is 0 Å². The summed E-state index contributed by atoms with van der Waals surface area (Å²) in [5.74, 6) is -2.47. The monoisotopic (exact) mass is 673 g/mol. The van der Waals surface area contributed by atoms with Gasteiger partial charge in [-0.1, -0.05) is 46.9 Å². The topological polar surface area (TPSA) is 133 Å². The fourth-order valence-electron chi connectivity index (χ4n) is 5.86. The Balaban J connectivity index is 1.40. The summed E-state index contributed by atoms with van der Waals surface area (Å²) in [6.07, 6.45) is 0. The number of imide groups is 1. The average Bonchev–Trinajstić information content (AvgIpc) is 3.51. The van der Waals surface area contributed by atoms with E-state index in [0.29, 0.717) is 43.9 Å². The first-order valence-corrected chi connectivity index (χ1v) is 16.5. The lowest BCUT2D eigenvalue weighted by atomic mass is 9.83. The molecule has 3 aromatic carbocycles. The van der Waals surface area contributed by atoms with E-state index >= 15 is 0 Å². The number of fused-ring (bicyclic) bond motifs is 2. The average molecular weight is 674 g/mol. The third-order valence-corrected chi connectivity index (χ3v) is 10.7. The Morgan fingerprint density at radius 1 is 0.894 bits per heavy atom. The van der Waals surface area contributed by atoms with Crippen LogP contribution in [0.15, 0.2) is 76.6 Å². The number of hydrogen-bond donors (Lipinski definition) is 1. The van der Waals surface area contributed by atoms with E-state index in [1.54, 1.807) is 37.3 Å². The highest BCUT2D eigenvalue weighted by molar-refractivity contribution is 8.00. The zero-order chi connectivity index (χ0) is 33.4. The first-order valence-electron chi connectivity index (χ1n) is 14.8. The van der Waals surface area contributed by atoms with Gasteiger partial charge in [0.2, 0.25) is 17.7 Å². The van der Waals surface area contributed by atoms with Gasteiger partial charge in [0.1, 0.15) is 11.8 Å². The van der Waals surface area contributed by atoms with Gasteiger partial charge in [-0.05, 0) is 67.9 Å². The summed E-state index contributed by atoms with van der Waals surface area (Å²) in [5.41, 5.74) is 2.89. The number of benzene rings is 3. The lowest BCUT2D eigenvalue weighted by Gasteiger charge is -2.31. The number of methoxy groups -OCH3 is 2. The lowest BCUT2D eigenvalue weighted by Crippen LogP contribution is -2.33. The second-order valence-electron chi connectivity index (χ2n) is 11.0. The molecular formula is C34H31N3O8S2. The van der Waals surface area contributed by atoms with E-state index in [-0.39, 0.29) is 18.0 Å². The molecule has 2 aliphatic heterocycles. The predicted molar refractivity (Wildman–Crippen MR) is 178 cm³/mol. The van der Waals surface area contributed by atoms with Crippen LogP contribution < -0.4 is 24.6 Å². The number of carbonyl (C=O) groups is 4. The summed E-state index contributed by atoms with van der Waals surface area (Å²) in [5, 5.41) is 2.40. The molecule has 3 heterocycles. The van der Waals surface area contributed by atoms with E-state index in [1.807, 2.05) is 19.1 Å². The number of nitrogens with zero attached hydrogens (tertiary/aromatic N) is 2. The molecule has 1 saturated heterocycles. The molecule has 242 valence electrons. The predicted octanol–water partition coefficient (Wildman–Crippen LogP) is 4.85. The van der Waals surface area contributed by atoms with Crippen molar-refractivity contribution in [3.05, 3.63) is 98.0 Å². The first-order chi connectivity index (χ1) is 22.6. The largest absolute Gasteiger partial charge is 0.493 e. The van der Waals surface area contributed by atoms with Gasteiger partial charge in [-0.15, -0.1) is 0 Å². The normalized spacial score (nSPS) is 18.4. The van der Waals surface area contributed by atoms with Crippen LogP contribution in [0.1, 0.15) is 39.2 Å². The van der Waals surface area contributed by atoms with Crippen molar-refractivity contribution in [1.82, 2.24) is 4.57 Å². The minimum absolute atomic E-state index is 0.213. The summed E-state index contributed by atoms with van der Waals surface area (Å²) < 4.78 is 17.4. The van der Waals surface area contributed by atoms with Crippen LogP contribution in [-0.2, 0) is 25.7 Å². The maximum atomic E-state index is 14.2. The summed E-state index contributed by atoms with van der Waals surface area (Å²) in [6.45, 7) is 3.58. The van der Waals surface area contributed by atoms with E-state index in [4.69, 9.17) is 14.2 Å². The fraction of sp³-hybridized carbons (Fsp3) is 0.265. The van der Waals surface area contributed by atoms with Crippen LogP contribution in [0.3, 0.4) is 0 Å². The van der Waals surface area contributed by atoms with E-state index in [9.17, 15) is 24.0 Å². The van der Waals surface area contributed by atoms with Gasteiger partial charge in [-0.25, -0.2) is 9.69 Å². The summed E-state index contributed by atoms with van der Waals surface area (Å²) in [6, 6.07) is 18.6. The van der Waals surface area contributed by atoms with Crippen molar-refractivity contribution in [2.24, 2.45) is 5.92 Å². The molecule has 1 N–H and O–H groups in total. The number of rotatable bonds is 9. The van der Waals surface area contributed by atoms with E-state index in [0.717, 1.165) is 33.6 Å². The fourth-order valence-corrected chi connectivity index (χ4v) is 8.63. The molecule has 47 heavy (non-hydrogen) atoms. The van der Waals surface area contributed by atoms with Crippen LogP contribution >= 0.6 is 23.1 Å². The highest BCUT2D eigenvalue weighted by Crippen LogP contribution is 2.54.